The van der Waals surface area contributed by atoms with Crippen LogP contribution in [-0.4, -0.2) is 21.3 Å². The Kier molecular flexibility index (Phi) is 6.71. The Hall–Kier alpha value is -0.710. The Morgan fingerprint density at radius 2 is 1.22 bits per heavy atom. The van der Waals surface area contributed by atoms with Gasteiger partial charge < -0.3 is 0 Å². The summed E-state index contributed by atoms with van der Waals surface area (Å²) in [7, 11) is -3.39. The molecule has 0 radical (unpaired) electrons. The van der Waals surface area contributed by atoms with Crippen molar-refractivity contribution < 1.29 is 14.7 Å². The van der Waals surface area contributed by atoms with Crippen LogP contribution in [0.15, 0.2) is 0 Å². The van der Waals surface area contributed by atoms with Crippen LogP contribution >= 0.6 is 7.94 Å². The van der Waals surface area contributed by atoms with Crippen molar-refractivity contribution in [3.05, 3.63) is 0 Å². The highest BCUT2D eigenvalue weighted by atomic mass is 31.2. The van der Waals surface area contributed by atoms with Crippen LogP contribution < -0.4 is 0 Å². The maximum Gasteiger partial charge on any atom is 0.400 e. The molecule has 0 fully saturated rings. The van der Waals surface area contributed by atoms with Crippen LogP contribution in [0.4, 0.5) is 0 Å². The monoisotopic (exact) mass is 149 g/mol. The average molecular weight is 149 g/mol. The van der Waals surface area contributed by atoms with Crippen LogP contribution in [0.1, 0.15) is 0 Å². The zero-order chi connectivity index (χ0) is 7.91. The summed E-state index contributed by atoms with van der Waals surface area (Å²) in [5.41, 5.74) is 0. The van der Waals surface area contributed by atoms with Crippen molar-refractivity contribution >= 4 is 7.94 Å². The third-order valence-corrected chi connectivity index (χ3v) is 0.0500. The molecule has 50 valence electrons. The molecule has 0 aromatic carbocycles. The topological polar surface area (TPSA) is 108 Å². The predicted octanol–water partition coefficient (Wildman–Crippen LogP) is -0.611. The molecule has 0 aromatic heterocycles. The van der Waals surface area contributed by atoms with E-state index in [0.29, 0.717) is 0 Å². The van der Waals surface area contributed by atoms with Crippen LogP contribution in [0.5, 0.6) is 0 Å². The molecule has 0 aliphatic carbocycles. The molecule has 0 aliphatic heterocycles. The lowest BCUT2D eigenvalue weighted by molar-refractivity contribution is 0.340. The van der Waals surface area contributed by atoms with Gasteiger partial charge in [0.25, 0.3) is 0 Å². The lowest BCUT2D eigenvalue weighted by atomic mass is 10.9. The molecule has 0 heterocycles. The van der Waals surface area contributed by atoms with E-state index in [9.17, 15) is 0 Å². The third-order valence-electron chi connectivity index (χ3n) is 0.0500. The van der Waals surface area contributed by atoms with Crippen molar-refractivity contribution in [3.63, 3.8) is 0 Å². The van der Waals surface area contributed by atoms with E-state index < -0.39 is 7.94 Å². The minimum Gasteiger partial charge on any atom is -0.193 e. The van der Waals surface area contributed by atoms with Crippen LogP contribution in [0.3, 0.4) is 0 Å². The molecule has 9 heavy (non-hydrogen) atoms. The molecule has 0 aromatic rings. The minimum atomic E-state index is -3.39. The first-order chi connectivity index (χ1) is 3.91. The smallest absolute Gasteiger partial charge is 0.193 e. The minimum absolute atomic E-state index is 0.965. The Balaban J connectivity index is 0. The quantitative estimate of drug-likeness (QED) is 0.398. The Morgan fingerprint density at radius 3 is 1.22 bits per heavy atom. The van der Waals surface area contributed by atoms with Crippen molar-refractivity contribution in [1.82, 2.24) is 0 Å². The summed E-state index contributed by atoms with van der Waals surface area (Å²) in [5, 5.41) is 14.5. The molecule has 0 atom stereocenters. The zero-order valence-electron chi connectivity index (χ0n) is 4.68. The van der Waals surface area contributed by atoms with Gasteiger partial charge in [-0.05, 0) is 0 Å². The molecule has 0 amide bonds. The fourth-order valence-corrected chi connectivity index (χ4v) is 0. The van der Waals surface area contributed by atoms with Crippen molar-refractivity contribution in [2.45, 2.75) is 0 Å². The van der Waals surface area contributed by atoms with Gasteiger partial charge in [-0.3, -0.25) is 0 Å². The van der Waals surface area contributed by atoms with Crippen molar-refractivity contribution in [3.8, 4) is 12.1 Å². The van der Waals surface area contributed by atoms with E-state index in [-0.39, 0.29) is 0 Å². The second-order valence-electron chi connectivity index (χ2n) is 1.09. The summed E-state index contributed by atoms with van der Waals surface area (Å²) in [5.74, 6) is 0. The number of hydrogen-bond acceptors (Lipinski definition) is 5. The predicted molar refractivity (Wildman–Crippen MR) is 30.7 cm³/mol. The highest BCUT2D eigenvalue weighted by Crippen LogP contribution is 2.38. The molecule has 0 saturated heterocycles. The largest absolute Gasteiger partial charge is 0.400 e. The number of rotatable bonds is 0. The SMILES string of the molecule is C[P+](O)(O)O.N#CC#N. The van der Waals surface area contributed by atoms with Crippen molar-refractivity contribution in [1.29, 1.82) is 10.5 Å². The molecule has 5 nitrogen and oxygen atoms in total. The molecular formula is C3H6N2O3P+. The fraction of sp³-hybridized carbons (Fsp3) is 0.333. The summed E-state index contributed by atoms with van der Waals surface area (Å²) >= 11 is 0. The van der Waals surface area contributed by atoms with E-state index in [0.717, 1.165) is 6.66 Å². The van der Waals surface area contributed by atoms with E-state index >= 15 is 0 Å². The van der Waals surface area contributed by atoms with Gasteiger partial charge in [-0.2, -0.15) is 25.2 Å². The van der Waals surface area contributed by atoms with E-state index in [1.54, 1.807) is 0 Å². The van der Waals surface area contributed by atoms with Gasteiger partial charge in [-0.25, -0.2) is 0 Å². The number of hydrogen-bond donors (Lipinski definition) is 3. The summed E-state index contributed by atoms with van der Waals surface area (Å²) in [6.45, 7) is 0.965. The maximum absolute atomic E-state index is 7.74. The lowest BCUT2D eigenvalue weighted by Gasteiger charge is -1.88. The van der Waals surface area contributed by atoms with Gasteiger partial charge in [0, 0.05) is 0 Å². The molecule has 0 spiro atoms. The standard InChI is InChI=1S/C2N2.CH6O3P/c3-1-2-4;1-5(2,3)4/h;2-4H,1H3/q;+1. The van der Waals surface area contributed by atoms with Gasteiger partial charge >= 0.3 is 7.94 Å². The average Bonchev–Trinajstić information content (AvgIpc) is 1.61. The maximum atomic E-state index is 7.74. The molecule has 6 heteroatoms. The van der Waals surface area contributed by atoms with E-state index in [1.165, 1.54) is 12.1 Å². The zero-order valence-corrected chi connectivity index (χ0v) is 5.58. The molecule has 0 unspecified atom stereocenters. The molecular weight excluding hydrogens is 143 g/mol. The van der Waals surface area contributed by atoms with E-state index in [1.807, 2.05) is 0 Å². The molecule has 0 rings (SSSR count). The molecule has 0 bridgehead atoms. The van der Waals surface area contributed by atoms with Gasteiger partial charge in [-0.15, -0.1) is 0 Å². The fourth-order valence-electron chi connectivity index (χ4n) is 0. The first-order valence-electron chi connectivity index (χ1n) is 1.74. The van der Waals surface area contributed by atoms with Crippen LogP contribution in [0, 0.1) is 22.7 Å². The molecule has 3 N–H and O–H groups in total. The highest BCUT2D eigenvalue weighted by molar-refractivity contribution is 7.57. The second-order valence-corrected chi connectivity index (χ2v) is 2.83. The second kappa shape index (κ2) is 5.43. The van der Waals surface area contributed by atoms with E-state index in [4.69, 9.17) is 25.2 Å². The first kappa shape index (κ1) is 11.1. The van der Waals surface area contributed by atoms with Crippen LogP contribution in [-0.2, 0) is 0 Å². The Morgan fingerprint density at radius 1 is 1.11 bits per heavy atom. The van der Waals surface area contributed by atoms with Gasteiger partial charge in [0.15, 0.2) is 12.1 Å². The summed E-state index contributed by atoms with van der Waals surface area (Å²) in [6, 6.07) is 2.47. The van der Waals surface area contributed by atoms with Gasteiger partial charge in [0.05, 0.1) is 0 Å². The number of nitrogens with zero attached hydrogens (tertiary/aromatic N) is 2. The first-order valence-corrected chi connectivity index (χ1v) is 3.84. The van der Waals surface area contributed by atoms with Crippen LogP contribution in [0.2, 0.25) is 0 Å². The molecule has 0 aliphatic rings. The van der Waals surface area contributed by atoms with Crippen molar-refractivity contribution in [2.24, 2.45) is 0 Å². The third kappa shape index (κ3) is 2430. The highest BCUT2D eigenvalue weighted by Gasteiger charge is 2.17. The van der Waals surface area contributed by atoms with Crippen molar-refractivity contribution in [2.75, 3.05) is 6.66 Å². The Bertz CT molecular complexity index is 121. The van der Waals surface area contributed by atoms with Crippen LogP contribution in [0.25, 0.3) is 0 Å². The van der Waals surface area contributed by atoms with Gasteiger partial charge in [0.1, 0.15) is 6.66 Å². The molecule has 0 saturated carbocycles. The number of nitriles is 2. The summed E-state index contributed by atoms with van der Waals surface area (Å²) < 4.78 is 0. The summed E-state index contributed by atoms with van der Waals surface area (Å²) in [4.78, 5) is 23.2. The lowest BCUT2D eigenvalue weighted by Crippen LogP contribution is -1.78. The van der Waals surface area contributed by atoms with Gasteiger partial charge in [0.2, 0.25) is 0 Å². The Labute approximate surface area is 53.0 Å². The van der Waals surface area contributed by atoms with E-state index in [2.05, 4.69) is 0 Å². The normalized spacial score (nSPS) is 7.78. The summed E-state index contributed by atoms with van der Waals surface area (Å²) in [6.07, 6.45) is 0. The van der Waals surface area contributed by atoms with Gasteiger partial charge in [-0.1, -0.05) is 0 Å².